The fourth-order valence-electron chi connectivity index (χ4n) is 3.55. The Kier molecular flexibility index (Phi) is 5.56. The molecule has 36 heavy (non-hydrogen) atoms. The third-order valence-electron chi connectivity index (χ3n) is 5.32. The maximum atomic E-state index is 14.3. The van der Waals surface area contributed by atoms with Gasteiger partial charge in [-0.1, -0.05) is 12.1 Å². The molecular weight excluding hydrogens is 475 g/mol. The number of phenolic OH excluding ortho intramolecular Hbond substituents is 2. The Morgan fingerprint density at radius 3 is 2.50 bits per heavy atom. The Morgan fingerprint density at radius 1 is 1.00 bits per heavy atom. The van der Waals surface area contributed by atoms with Gasteiger partial charge in [0.25, 0.3) is 11.8 Å². The maximum absolute atomic E-state index is 14.3. The number of carbonyl (C=O) groups excluding carboxylic acids is 2. The normalized spacial score (nSPS) is 11.1. The van der Waals surface area contributed by atoms with Crippen molar-refractivity contribution in [1.29, 1.82) is 0 Å². The van der Waals surface area contributed by atoms with Crippen LogP contribution in [0.25, 0.3) is 16.7 Å². The lowest BCUT2D eigenvalue weighted by atomic mass is 10.2. The van der Waals surface area contributed by atoms with Gasteiger partial charge in [-0.3, -0.25) is 14.6 Å². The molecule has 0 bridgehead atoms. The highest BCUT2D eigenvalue weighted by molar-refractivity contribution is 5.98. The van der Waals surface area contributed by atoms with Crippen LogP contribution in [0.15, 0.2) is 57.9 Å². The van der Waals surface area contributed by atoms with Crippen molar-refractivity contribution in [1.82, 2.24) is 30.2 Å². The van der Waals surface area contributed by atoms with E-state index in [2.05, 4.69) is 25.7 Å². The lowest BCUT2D eigenvalue weighted by molar-refractivity contribution is 0.0942. The number of nitrogens with zero attached hydrogens (tertiary/aromatic N) is 3. The number of aromatic amines is 1. The van der Waals surface area contributed by atoms with Crippen molar-refractivity contribution in [2.75, 3.05) is 0 Å². The Hall–Kier alpha value is -5.20. The first-order chi connectivity index (χ1) is 17.3. The molecule has 5 rings (SSSR count). The van der Waals surface area contributed by atoms with Gasteiger partial charge in [-0.25, -0.2) is 18.7 Å². The molecule has 0 saturated carbocycles. The molecule has 182 valence electrons. The van der Waals surface area contributed by atoms with E-state index in [1.165, 1.54) is 24.3 Å². The number of fused-ring (bicyclic) bond motifs is 2. The molecule has 0 aliphatic heterocycles. The van der Waals surface area contributed by atoms with Crippen molar-refractivity contribution in [3.8, 4) is 11.5 Å². The molecule has 0 saturated heterocycles. The number of aromatic nitrogens is 4. The van der Waals surface area contributed by atoms with Crippen molar-refractivity contribution < 1.29 is 28.6 Å². The lowest BCUT2D eigenvalue weighted by Crippen LogP contribution is -2.28. The van der Waals surface area contributed by atoms with Crippen LogP contribution in [0.4, 0.5) is 4.39 Å². The zero-order valence-corrected chi connectivity index (χ0v) is 18.3. The van der Waals surface area contributed by atoms with Gasteiger partial charge in [0.2, 0.25) is 0 Å². The van der Waals surface area contributed by atoms with Gasteiger partial charge in [-0.15, -0.1) is 0 Å². The van der Waals surface area contributed by atoms with Crippen LogP contribution in [0.5, 0.6) is 11.5 Å². The molecule has 5 N–H and O–H groups in total. The zero-order valence-electron chi connectivity index (χ0n) is 18.3. The standard InChI is InChI=1S/C23H17FN6O6/c24-13-10-27-30-16(22(34)26-9-12-1-3-17(31)18(32)6-12)7-15(28-20(13)30)21(33)25-8-11-2-4-19-14(5-11)29-23(35)36-19/h1-7,10,31-32H,8-9H2,(H,25,33)(H,26,34)(H,29,35). The van der Waals surface area contributed by atoms with Crippen molar-refractivity contribution in [2.45, 2.75) is 13.1 Å². The molecule has 3 aromatic heterocycles. The minimum absolute atomic E-state index is 0.0274. The van der Waals surface area contributed by atoms with E-state index in [1.54, 1.807) is 18.2 Å². The summed E-state index contributed by atoms with van der Waals surface area (Å²) >= 11 is 0. The highest BCUT2D eigenvalue weighted by Crippen LogP contribution is 2.24. The van der Waals surface area contributed by atoms with E-state index in [0.29, 0.717) is 22.2 Å². The van der Waals surface area contributed by atoms with Crippen LogP contribution in [0, 0.1) is 5.82 Å². The summed E-state index contributed by atoms with van der Waals surface area (Å²) in [5, 5.41) is 28.1. The van der Waals surface area contributed by atoms with E-state index in [1.807, 2.05) is 0 Å². The smallest absolute Gasteiger partial charge is 0.417 e. The Bertz CT molecular complexity index is 1700. The molecule has 0 aliphatic carbocycles. The number of oxazole rings is 1. The average Bonchev–Trinajstić information content (AvgIpc) is 3.43. The first-order valence-electron chi connectivity index (χ1n) is 10.5. The van der Waals surface area contributed by atoms with Gasteiger partial charge in [0.15, 0.2) is 28.5 Å². The number of carbonyl (C=O) groups is 2. The number of H-pyrrole nitrogens is 1. The Morgan fingerprint density at radius 2 is 1.72 bits per heavy atom. The zero-order chi connectivity index (χ0) is 25.4. The molecule has 0 unspecified atom stereocenters. The average molecular weight is 492 g/mol. The van der Waals surface area contributed by atoms with Gasteiger partial charge in [0, 0.05) is 19.2 Å². The molecular formula is C23H17FN6O6. The lowest BCUT2D eigenvalue weighted by Gasteiger charge is -2.10. The predicted octanol–water partition coefficient (Wildman–Crippen LogP) is 1.57. The largest absolute Gasteiger partial charge is 0.504 e. The summed E-state index contributed by atoms with van der Waals surface area (Å²) in [5.41, 5.74) is 1.31. The van der Waals surface area contributed by atoms with Crippen molar-refractivity contribution in [3.63, 3.8) is 0 Å². The van der Waals surface area contributed by atoms with Crippen molar-refractivity contribution in [3.05, 3.63) is 87.5 Å². The van der Waals surface area contributed by atoms with E-state index < -0.39 is 23.4 Å². The van der Waals surface area contributed by atoms with Crippen LogP contribution in [-0.2, 0) is 13.1 Å². The maximum Gasteiger partial charge on any atom is 0.417 e. The summed E-state index contributed by atoms with van der Waals surface area (Å²) in [6.45, 7) is 0.0306. The monoisotopic (exact) mass is 492 g/mol. The molecule has 0 aliphatic rings. The van der Waals surface area contributed by atoms with E-state index in [0.717, 1.165) is 10.7 Å². The van der Waals surface area contributed by atoms with Crippen LogP contribution in [0.3, 0.4) is 0 Å². The quantitative estimate of drug-likeness (QED) is 0.222. The Labute approximate surface area is 200 Å². The SMILES string of the molecule is O=C(NCc1ccc2oc(=O)[nH]c2c1)c1cc(C(=O)NCc2ccc(O)c(O)c2)n2ncc(F)c2n1. The van der Waals surface area contributed by atoms with Crippen LogP contribution in [-0.4, -0.2) is 41.6 Å². The first-order valence-corrected chi connectivity index (χ1v) is 10.5. The number of phenols is 2. The molecule has 0 spiro atoms. The molecule has 0 atom stereocenters. The molecule has 12 nitrogen and oxygen atoms in total. The molecule has 0 fully saturated rings. The molecule has 2 amide bonds. The third kappa shape index (κ3) is 4.32. The van der Waals surface area contributed by atoms with Gasteiger partial charge in [-0.05, 0) is 35.4 Å². The number of aromatic hydroxyl groups is 2. The highest BCUT2D eigenvalue weighted by atomic mass is 19.1. The number of benzene rings is 2. The summed E-state index contributed by atoms with van der Waals surface area (Å²) in [7, 11) is 0. The number of hydrogen-bond donors (Lipinski definition) is 5. The minimum Gasteiger partial charge on any atom is -0.504 e. The Balaban J connectivity index is 1.36. The fourth-order valence-corrected chi connectivity index (χ4v) is 3.55. The summed E-state index contributed by atoms with van der Waals surface area (Å²) in [6.07, 6.45) is 0.875. The van der Waals surface area contributed by atoms with Crippen molar-refractivity contribution >= 4 is 28.6 Å². The molecule has 0 radical (unpaired) electrons. The van der Waals surface area contributed by atoms with Crippen LogP contribution < -0.4 is 16.4 Å². The number of nitrogens with one attached hydrogen (secondary N) is 3. The number of amides is 2. The second kappa shape index (κ2) is 8.87. The predicted molar refractivity (Wildman–Crippen MR) is 122 cm³/mol. The van der Waals surface area contributed by atoms with Gasteiger partial charge in [-0.2, -0.15) is 5.10 Å². The third-order valence-corrected chi connectivity index (χ3v) is 5.32. The van der Waals surface area contributed by atoms with Crippen molar-refractivity contribution in [2.24, 2.45) is 0 Å². The van der Waals surface area contributed by atoms with Gasteiger partial charge in [0.05, 0.1) is 11.7 Å². The summed E-state index contributed by atoms with van der Waals surface area (Å²) in [5.74, 6) is -3.42. The van der Waals surface area contributed by atoms with Gasteiger partial charge >= 0.3 is 5.76 Å². The number of hydrogen-bond acceptors (Lipinski definition) is 8. The first kappa shape index (κ1) is 22.6. The second-order valence-electron chi connectivity index (χ2n) is 7.79. The van der Waals surface area contributed by atoms with Crippen LogP contribution >= 0.6 is 0 Å². The van der Waals surface area contributed by atoms with E-state index in [9.17, 15) is 29.0 Å². The van der Waals surface area contributed by atoms with Crippen LogP contribution in [0.2, 0.25) is 0 Å². The number of halogens is 1. The number of rotatable bonds is 6. The van der Waals surface area contributed by atoms with E-state index in [-0.39, 0.29) is 41.6 Å². The molecule has 5 aromatic rings. The summed E-state index contributed by atoms with van der Waals surface area (Å²) in [4.78, 5) is 43.5. The molecule has 13 heteroatoms. The topological polar surface area (TPSA) is 175 Å². The fraction of sp³-hybridized carbons (Fsp3) is 0.0870. The summed E-state index contributed by atoms with van der Waals surface area (Å²) in [6, 6.07) is 10.1. The molecule has 3 heterocycles. The second-order valence-corrected chi connectivity index (χ2v) is 7.79. The van der Waals surface area contributed by atoms with E-state index in [4.69, 9.17) is 4.42 Å². The highest BCUT2D eigenvalue weighted by Gasteiger charge is 2.20. The van der Waals surface area contributed by atoms with Gasteiger partial charge < -0.3 is 25.3 Å². The molecule has 2 aromatic carbocycles. The van der Waals surface area contributed by atoms with Crippen LogP contribution in [0.1, 0.15) is 32.1 Å². The minimum atomic E-state index is -0.823. The summed E-state index contributed by atoms with van der Waals surface area (Å²) < 4.78 is 20.2. The van der Waals surface area contributed by atoms with Gasteiger partial charge in [0.1, 0.15) is 11.4 Å². The van der Waals surface area contributed by atoms with E-state index >= 15 is 0 Å².